The third-order valence-electron chi connectivity index (χ3n) is 3.79. The van der Waals surface area contributed by atoms with Crippen LogP contribution in [0.2, 0.25) is 0 Å². The lowest BCUT2D eigenvalue weighted by Gasteiger charge is -2.24. The number of fused-ring (bicyclic) bond motifs is 1. The molecule has 1 aliphatic heterocycles. The van der Waals surface area contributed by atoms with Gasteiger partial charge >= 0.3 is 6.18 Å². The van der Waals surface area contributed by atoms with E-state index in [0.29, 0.717) is 25.6 Å². The van der Waals surface area contributed by atoms with Gasteiger partial charge in [0.05, 0.1) is 5.56 Å². The summed E-state index contributed by atoms with van der Waals surface area (Å²) in [5.74, 6) is 1.16. The predicted molar refractivity (Wildman–Crippen MR) is 73.6 cm³/mol. The summed E-state index contributed by atoms with van der Waals surface area (Å²) in [4.78, 5) is 15.7. The summed E-state index contributed by atoms with van der Waals surface area (Å²) in [5, 5.41) is 10.8. The molecule has 6 nitrogen and oxygen atoms in total. The molecule has 3 rings (SSSR count). The Morgan fingerprint density at radius 1 is 1.35 bits per heavy atom. The van der Waals surface area contributed by atoms with E-state index >= 15 is 0 Å². The molecule has 0 radical (unpaired) electrons. The van der Waals surface area contributed by atoms with Crippen LogP contribution in [0.1, 0.15) is 34.1 Å². The molecule has 1 aliphatic rings. The van der Waals surface area contributed by atoms with Crippen LogP contribution in [0.5, 0.6) is 0 Å². The van der Waals surface area contributed by atoms with Gasteiger partial charge in [0.25, 0.3) is 5.91 Å². The highest BCUT2D eigenvalue weighted by Gasteiger charge is 2.31. The van der Waals surface area contributed by atoms with Gasteiger partial charge in [-0.3, -0.25) is 9.78 Å². The number of amides is 1. The Bertz CT molecular complexity index is 723. The van der Waals surface area contributed by atoms with Crippen LogP contribution in [-0.4, -0.2) is 31.7 Å². The highest BCUT2D eigenvalue weighted by molar-refractivity contribution is 5.92. The van der Waals surface area contributed by atoms with Gasteiger partial charge in [-0.1, -0.05) is 0 Å². The van der Waals surface area contributed by atoms with E-state index in [2.05, 4.69) is 20.5 Å². The van der Waals surface area contributed by atoms with E-state index in [9.17, 15) is 18.0 Å². The second-order valence-electron chi connectivity index (χ2n) is 5.41. The number of nitrogens with zero attached hydrogens (tertiary/aromatic N) is 4. The van der Waals surface area contributed by atoms with Crippen LogP contribution < -0.4 is 5.32 Å². The van der Waals surface area contributed by atoms with Crippen LogP contribution in [0.15, 0.2) is 18.3 Å². The molecule has 3 heterocycles. The summed E-state index contributed by atoms with van der Waals surface area (Å²) >= 11 is 0. The van der Waals surface area contributed by atoms with Crippen LogP contribution in [0.3, 0.4) is 0 Å². The second kappa shape index (κ2) is 5.64. The molecule has 9 heteroatoms. The van der Waals surface area contributed by atoms with E-state index in [-0.39, 0.29) is 11.7 Å². The normalized spacial score (nSPS) is 17.7. The molecule has 0 aromatic carbocycles. The monoisotopic (exact) mass is 325 g/mol. The largest absolute Gasteiger partial charge is 0.417 e. The zero-order valence-corrected chi connectivity index (χ0v) is 12.3. The Morgan fingerprint density at radius 2 is 2.13 bits per heavy atom. The van der Waals surface area contributed by atoms with Crippen molar-refractivity contribution < 1.29 is 18.0 Å². The smallest absolute Gasteiger partial charge is 0.346 e. The molecule has 2 aromatic heterocycles. The lowest BCUT2D eigenvalue weighted by Crippen LogP contribution is -2.41. The van der Waals surface area contributed by atoms with Gasteiger partial charge < -0.3 is 9.88 Å². The van der Waals surface area contributed by atoms with Gasteiger partial charge in [-0.2, -0.15) is 13.2 Å². The SMILES string of the molecule is Cc1nnc2n1CC(NC(=O)c1ccc(C(F)(F)F)cn1)CC2. The summed E-state index contributed by atoms with van der Waals surface area (Å²) < 4.78 is 39.4. The van der Waals surface area contributed by atoms with Crippen molar-refractivity contribution in [3.63, 3.8) is 0 Å². The molecular formula is C14H14F3N5O. The first-order valence-corrected chi connectivity index (χ1v) is 7.07. The van der Waals surface area contributed by atoms with Crippen molar-refractivity contribution in [2.24, 2.45) is 0 Å². The zero-order valence-electron chi connectivity index (χ0n) is 12.3. The number of rotatable bonds is 2. The molecule has 0 spiro atoms. The third-order valence-corrected chi connectivity index (χ3v) is 3.79. The number of carbonyl (C=O) groups is 1. The lowest BCUT2D eigenvalue weighted by molar-refractivity contribution is -0.137. The van der Waals surface area contributed by atoms with Crippen LogP contribution in [-0.2, 0) is 19.1 Å². The van der Waals surface area contributed by atoms with Gasteiger partial charge in [0.1, 0.15) is 17.3 Å². The quantitative estimate of drug-likeness (QED) is 0.913. The van der Waals surface area contributed by atoms with E-state index in [1.54, 1.807) is 0 Å². The van der Waals surface area contributed by atoms with Gasteiger partial charge in [0, 0.05) is 25.2 Å². The Morgan fingerprint density at radius 3 is 2.78 bits per heavy atom. The molecule has 1 atom stereocenters. The number of nitrogens with one attached hydrogen (secondary N) is 1. The molecule has 0 bridgehead atoms. The summed E-state index contributed by atoms with van der Waals surface area (Å²) in [6.45, 7) is 2.37. The molecule has 0 saturated carbocycles. The predicted octanol–water partition coefficient (Wildman–Crippen LogP) is 1.75. The maximum atomic E-state index is 12.5. The van der Waals surface area contributed by atoms with Crippen molar-refractivity contribution in [2.45, 2.75) is 38.5 Å². The van der Waals surface area contributed by atoms with Crippen molar-refractivity contribution in [3.8, 4) is 0 Å². The number of halogens is 3. The van der Waals surface area contributed by atoms with Crippen molar-refractivity contribution in [2.75, 3.05) is 0 Å². The highest BCUT2D eigenvalue weighted by Crippen LogP contribution is 2.28. The zero-order chi connectivity index (χ0) is 16.6. The van der Waals surface area contributed by atoms with Crippen LogP contribution in [0, 0.1) is 6.92 Å². The molecular weight excluding hydrogens is 311 g/mol. The molecule has 1 N–H and O–H groups in total. The van der Waals surface area contributed by atoms with E-state index in [1.807, 2.05) is 11.5 Å². The second-order valence-corrected chi connectivity index (χ2v) is 5.41. The topological polar surface area (TPSA) is 72.7 Å². The van der Waals surface area contributed by atoms with Crippen molar-refractivity contribution in [1.29, 1.82) is 0 Å². The Labute approximate surface area is 129 Å². The van der Waals surface area contributed by atoms with E-state index in [1.165, 1.54) is 0 Å². The summed E-state index contributed by atoms with van der Waals surface area (Å²) in [6.07, 6.45) is -2.41. The highest BCUT2D eigenvalue weighted by atomic mass is 19.4. The van der Waals surface area contributed by atoms with E-state index in [4.69, 9.17) is 0 Å². The minimum absolute atomic E-state index is 0.0377. The van der Waals surface area contributed by atoms with E-state index in [0.717, 1.165) is 23.8 Å². The summed E-state index contributed by atoms with van der Waals surface area (Å²) in [6, 6.07) is 1.80. The van der Waals surface area contributed by atoms with Gasteiger partial charge in [0.15, 0.2) is 0 Å². The van der Waals surface area contributed by atoms with Crippen LogP contribution in [0.25, 0.3) is 0 Å². The summed E-state index contributed by atoms with van der Waals surface area (Å²) in [5.41, 5.74) is -0.916. The van der Waals surface area contributed by atoms with Gasteiger partial charge in [0.2, 0.25) is 0 Å². The number of hydrogen-bond donors (Lipinski definition) is 1. The Hall–Kier alpha value is -2.45. The molecule has 1 amide bonds. The summed E-state index contributed by atoms with van der Waals surface area (Å²) in [7, 11) is 0. The number of pyridine rings is 1. The number of aromatic nitrogens is 4. The molecule has 0 fully saturated rings. The first-order chi connectivity index (χ1) is 10.8. The fourth-order valence-electron chi connectivity index (χ4n) is 2.54. The fraction of sp³-hybridized carbons (Fsp3) is 0.429. The number of carbonyl (C=O) groups excluding carboxylic acids is 1. The first kappa shape index (κ1) is 15.4. The fourth-order valence-corrected chi connectivity index (χ4v) is 2.54. The Balaban J connectivity index is 1.67. The standard InChI is InChI=1S/C14H14F3N5O/c1-8-20-21-12-5-3-10(7-22(8)12)19-13(23)11-4-2-9(6-18-11)14(15,16)17/h2,4,6,10H,3,5,7H2,1H3,(H,19,23). The molecule has 0 aliphatic carbocycles. The molecule has 2 aromatic rings. The minimum Gasteiger partial charge on any atom is -0.346 e. The lowest BCUT2D eigenvalue weighted by atomic mass is 10.1. The van der Waals surface area contributed by atoms with Gasteiger partial charge in [-0.15, -0.1) is 10.2 Å². The van der Waals surface area contributed by atoms with Crippen LogP contribution in [0.4, 0.5) is 13.2 Å². The average Bonchev–Trinajstić information content (AvgIpc) is 2.88. The maximum Gasteiger partial charge on any atom is 0.417 e. The van der Waals surface area contributed by atoms with Crippen molar-refractivity contribution >= 4 is 5.91 Å². The molecule has 23 heavy (non-hydrogen) atoms. The number of hydrogen-bond acceptors (Lipinski definition) is 4. The maximum absolute atomic E-state index is 12.5. The third kappa shape index (κ3) is 3.17. The number of alkyl halides is 3. The number of aryl methyl sites for hydroxylation is 2. The van der Waals surface area contributed by atoms with E-state index < -0.39 is 17.6 Å². The van der Waals surface area contributed by atoms with Crippen LogP contribution >= 0.6 is 0 Å². The Kier molecular flexibility index (Phi) is 3.78. The molecule has 0 saturated heterocycles. The van der Waals surface area contributed by atoms with Crippen molar-refractivity contribution in [1.82, 2.24) is 25.1 Å². The van der Waals surface area contributed by atoms with Gasteiger partial charge in [-0.25, -0.2) is 0 Å². The molecule has 122 valence electrons. The van der Waals surface area contributed by atoms with Gasteiger partial charge in [-0.05, 0) is 25.5 Å². The minimum atomic E-state index is -4.46. The molecule has 1 unspecified atom stereocenters. The van der Waals surface area contributed by atoms with Crippen molar-refractivity contribution in [3.05, 3.63) is 41.2 Å². The average molecular weight is 325 g/mol. The first-order valence-electron chi connectivity index (χ1n) is 7.07.